The molecule has 0 aliphatic heterocycles. The average molecular weight is 365 g/mol. The van der Waals surface area contributed by atoms with Crippen molar-refractivity contribution in [1.82, 2.24) is 0 Å². The topological polar surface area (TPSA) is 47.6 Å². The molecule has 4 nitrogen and oxygen atoms in total. The Hall–Kier alpha value is -2.96. The van der Waals surface area contributed by atoms with Gasteiger partial charge >= 0.3 is 6.36 Å². The second-order valence-electron chi connectivity index (χ2n) is 5.57. The first-order valence-electron chi connectivity index (χ1n) is 7.68. The summed E-state index contributed by atoms with van der Waals surface area (Å²) in [5, 5.41) is 2.50. The standard InChI is InChI=1S/C19H18F3NO3/c1-12-9-16(25-3)10-13(2)17(12)7-8-18(24)23-14-5-4-6-15(11-14)26-19(20,21)22/h4-11H,1-3H3,(H,23,24)/b8-7+. The summed E-state index contributed by atoms with van der Waals surface area (Å²) in [5.74, 6) is -0.145. The number of rotatable bonds is 5. The van der Waals surface area contributed by atoms with Crippen molar-refractivity contribution in [2.45, 2.75) is 20.2 Å². The van der Waals surface area contributed by atoms with Crippen LogP contribution in [0.4, 0.5) is 18.9 Å². The molecule has 0 saturated heterocycles. The summed E-state index contributed by atoms with van der Waals surface area (Å²) >= 11 is 0. The molecule has 26 heavy (non-hydrogen) atoms. The van der Waals surface area contributed by atoms with Gasteiger partial charge in [-0.3, -0.25) is 4.79 Å². The Morgan fingerprint density at radius 2 is 1.73 bits per heavy atom. The van der Waals surface area contributed by atoms with Gasteiger partial charge in [0, 0.05) is 17.8 Å². The molecule has 0 bridgehead atoms. The number of hydrogen-bond donors (Lipinski definition) is 1. The van der Waals surface area contributed by atoms with E-state index < -0.39 is 18.0 Å². The first-order valence-corrected chi connectivity index (χ1v) is 7.68. The van der Waals surface area contributed by atoms with Gasteiger partial charge in [0.05, 0.1) is 7.11 Å². The fourth-order valence-corrected chi connectivity index (χ4v) is 2.43. The number of benzene rings is 2. The summed E-state index contributed by atoms with van der Waals surface area (Å²) in [6.07, 6.45) is -1.82. The maximum Gasteiger partial charge on any atom is 0.573 e. The van der Waals surface area contributed by atoms with Crippen LogP contribution in [0.15, 0.2) is 42.5 Å². The Bertz CT molecular complexity index is 806. The van der Waals surface area contributed by atoms with E-state index in [2.05, 4.69) is 10.1 Å². The van der Waals surface area contributed by atoms with Crippen LogP contribution in [-0.2, 0) is 4.79 Å². The first kappa shape index (κ1) is 19.4. The number of nitrogens with one attached hydrogen (secondary N) is 1. The van der Waals surface area contributed by atoms with E-state index in [0.29, 0.717) is 0 Å². The van der Waals surface area contributed by atoms with Crippen LogP contribution < -0.4 is 14.8 Å². The highest BCUT2D eigenvalue weighted by Crippen LogP contribution is 2.25. The van der Waals surface area contributed by atoms with Gasteiger partial charge in [0.15, 0.2) is 0 Å². The smallest absolute Gasteiger partial charge is 0.497 e. The lowest BCUT2D eigenvalue weighted by Gasteiger charge is -2.10. The largest absolute Gasteiger partial charge is 0.573 e. The van der Waals surface area contributed by atoms with E-state index in [1.165, 1.54) is 18.2 Å². The second kappa shape index (κ2) is 7.95. The second-order valence-corrected chi connectivity index (χ2v) is 5.57. The van der Waals surface area contributed by atoms with Crippen molar-refractivity contribution in [3.05, 3.63) is 59.2 Å². The molecule has 0 fully saturated rings. The molecule has 1 N–H and O–H groups in total. The summed E-state index contributed by atoms with van der Waals surface area (Å²) in [4.78, 5) is 12.0. The van der Waals surface area contributed by atoms with E-state index in [-0.39, 0.29) is 5.69 Å². The Balaban J connectivity index is 2.10. The molecule has 0 unspecified atom stereocenters. The van der Waals surface area contributed by atoms with Crippen LogP contribution in [0.3, 0.4) is 0 Å². The third-order valence-corrected chi connectivity index (χ3v) is 3.54. The zero-order valence-corrected chi connectivity index (χ0v) is 14.5. The highest BCUT2D eigenvalue weighted by atomic mass is 19.4. The van der Waals surface area contributed by atoms with Crippen LogP contribution in [0.5, 0.6) is 11.5 Å². The highest BCUT2D eigenvalue weighted by Gasteiger charge is 2.31. The number of methoxy groups -OCH3 is 1. The minimum Gasteiger partial charge on any atom is -0.497 e. The van der Waals surface area contributed by atoms with Gasteiger partial charge in [-0.1, -0.05) is 6.07 Å². The molecule has 0 spiro atoms. The monoisotopic (exact) mass is 365 g/mol. The molecule has 0 radical (unpaired) electrons. The van der Waals surface area contributed by atoms with Crippen LogP contribution in [-0.4, -0.2) is 19.4 Å². The molecule has 2 aromatic carbocycles. The van der Waals surface area contributed by atoms with E-state index >= 15 is 0 Å². The Morgan fingerprint density at radius 1 is 1.08 bits per heavy atom. The van der Waals surface area contributed by atoms with Crippen molar-refractivity contribution in [1.29, 1.82) is 0 Å². The van der Waals surface area contributed by atoms with Gasteiger partial charge in [-0.15, -0.1) is 13.2 Å². The minimum absolute atomic E-state index is 0.199. The molecule has 2 rings (SSSR count). The van der Waals surface area contributed by atoms with Crippen LogP contribution in [0.25, 0.3) is 6.08 Å². The van der Waals surface area contributed by atoms with Crippen LogP contribution in [0.1, 0.15) is 16.7 Å². The predicted octanol–water partition coefficient (Wildman–Crippen LogP) is 4.86. The fraction of sp³-hybridized carbons (Fsp3) is 0.211. The number of carbonyl (C=O) groups is 1. The predicted molar refractivity (Wildman–Crippen MR) is 93.3 cm³/mol. The normalized spacial score (nSPS) is 11.5. The van der Waals surface area contributed by atoms with Gasteiger partial charge < -0.3 is 14.8 Å². The zero-order valence-electron chi connectivity index (χ0n) is 14.5. The fourth-order valence-electron chi connectivity index (χ4n) is 2.43. The van der Waals surface area contributed by atoms with Gasteiger partial charge in [-0.05, 0) is 60.9 Å². The summed E-state index contributed by atoms with van der Waals surface area (Å²) in [7, 11) is 1.58. The maximum atomic E-state index is 12.2. The van der Waals surface area contributed by atoms with Crippen molar-refractivity contribution < 1.29 is 27.4 Å². The highest BCUT2D eigenvalue weighted by molar-refractivity contribution is 6.02. The van der Waals surface area contributed by atoms with Crippen molar-refractivity contribution >= 4 is 17.7 Å². The molecule has 0 aliphatic rings. The van der Waals surface area contributed by atoms with Gasteiger partial charge in [-0.2, -0.15) is 0 Å². The molecule has 0 atom stereocenters. The SMILES string of the molecule is COc1cc(C)c(/C=C/C(=O)Nc2cccc(OC(F)(F)F)c2)c(C)c1. The maximum absolute atomic E-state index is 12.2. The summed E-state index contributed by atoms with van der Waals surface area (Å²) in [6, 6.07) is 8.79. The number of carbonyl (C=O) groups excluding carboxylic acids is 1. The molecule has 0 aromatic heterocycles. The third kappa shape index (κ3) is 5.54. The van der Waals surface area contributed by atoms with E-state index in [1.807, 2.05) is 26.0 Å². The molecule has 138 valence electrons. The number of amides is 1. The first-order chi connectivity index (χ1) is 12.2. The Kier molecular flexibility index (Phi) is 5.92. The number of halogens is 3. The van der Waals surface area contributed by atoms with Gasteiger partial charge in [-0.25, -0.2) is 0 Å². The number of hydrogen-bond acceptors (Lipinski definition) is 3. The molecule has 0 aliphatic carbocycles. The Labute approximate surface area is 149 Å². The van der Waals surface area contributed by atoms with E-state index in [0.717, 1.165) is 34.6 Å². The lowest BCUT2D eigenvalue weighted by Crippen LogP contribution is -2.17. The number of anilines is 1. The number of alkyl halides is 3. The lowest BCUT2D eigenvalue weighted by molar-refractivity contribution is -0.274. The van der Waals surface area contributed by atoms with Gasteiger partial charge in [0.2, 0.25) is 5.91 Å². The average Bonchev–Trinajstić information content (AvgIpc) is 2.52. The van der Waals surface area contributed by atoms with Crippen LogP contribution >= 0.6 is 0 Å². The molecule has 7 heteroatoms. The summed E-state index contributed by atoms with van der Waals surface area (Å²) < 4.78 is 45.7. The van der Waals surface area contributed by atoms with Crippen molar-refractivity contribution in [2.75, 3.05) is 12.4 Å². The van der Waals surface area contributed by atoms with Crippen LogP contribution in [0, 0.1) is 13.8 Å². The minimum atomic E-state index is -4.79. The van der Waals surface area contributed by atoms with Crippen molar-refractivity contribution in [3.8, 4) is 11.5 Å². The van der Waals surface area contributed by atoms with Gasteiger partial charge in [0.25, 0.3) is 0 Å². The zero-order chi connectivity index (χ0) is 19.3. The molecule has 2 aromatic rings. The lowest BCUT2D eigenvalue weighted by atomic mass is 10.0. The summed E-state index contributed by atoms with van der Waals surface area (Å²) in [5.41, 5.74) is 2.94. The third-order valence-electron chi connectivity index (χ3n) is 3.54. The van der Waals surface area contributed by atoms with Crippen LogP contribution in [0.2, 0.25) is 0 Å². The molecule has 0 saturated carbocycles. The molecule has 1 amide bonds. The Morgan fingerprint density at radius 3 is 2.31 bits per heavy atom. The van der Waals surface area contributed by atoms with E-state index in [9.17, 15) is 18.0 Å². The number of ether oxygens (including phenoxy) is 2. The summed E-state index contributed by atoms with van der Waals surface area (Å²) in [6.45, 7) is 3.79. The van der Waals surface area contributed by atoms with Crippen molar-refractivity contribution in [3.63, 3.8) is 0 Å². The molecular weight excluding hydrogens is 347 g/mol. The van der Waals surface area contributed by atoms with E-state index in [1.54, 1.807) is 13.2 Å². The molecule has 0 heterocycles. The number of aryl methyl sites for hydroxylation is 2. The van der Waals surface area contributed by atoms with Crippen molar-refractivity contribution in [2.24, 2.45) is 0 Å². The quantitative estimate of drug-likeness (QED) is 0.770. The van der Waals surface area contributed by atoms with Gasteiger partial charge in [0.1, 0.15) is 11.5 Å². The van der Waals surface area contributed by atoms with E-state index in [4.69, 9.17) is 4.74 Å². The molecular formula is C19H18F3NO3.